The lowest BCUT2D eigenvalue weighted by molar-refractivity contribution is -0.138. The Bertz CT molecular complexity index is 2090. The van der Waals surface area contributed by atoms with Gasteiger partial charge in [-0.1, -0.05) is 77.9 Å². The van der Waals surface area contributed by atoms with Crippen molar-refractivity contribution in [3.8, 4) is 11.8 Å². The van der Waals surface area contributed by atoms with Gasteiger partial charge in [-0.15, -0.1) is 0 Å². The molecule has 0 aliphatic carbocycles. The van der Waals surface area contributed by atoms with E-state index in [4.69, 9.17) is 4.74 Å². The Balaban J connectivity index is 0.000000163. The predicted molar refractivity (Wildman–Crippen MR) is 216 cm³/mol. The number of carbonyl (C=O) groups is 5. The van der Waals surface area contributed by atoms with E-state index in [2.05, 4.69) is 32.8 Å². The third-order valence-electron chi connectivity index (χ3n) is 8.90. The van der Waals surface area contributed by atoms with Gasteiger partial charge in [0.1, 0.15) is 18.9 Å². The van der Waals surface area contributed by atoms with Gasteiger partial charge < -0.3 is 35.3 Å². The molecule has 4 heterocycles. The molecule has 1 unspecified atom stereocenters. The van der Waals surface area contributed by atoms with Crippen LogP contribution in [0.1, 0.15) is 60.2 Å². The summed E-state index contributed by atoms with van der Waals surface area (Å²) in [6, 6.07) is 25.7. The molecular weight excluding hydrogens is 731 g/mol. The third kappa shape index (κ3) is 11.8. The number of rotatable bonds is 9. The molecular formula is C42H45N7O6S. The van der Waals surface area contributed by atoms with Crippen molar-refractivity contribution in [3.05, 3.63) is 119 Å². The Morgan fingerprint density at radius 2 is 1.61 bits per heavy atom. The highest BCUT2D eigenvalue weighted by molar-refractivity contribution is 7.17. The van der Waals surface area contributed by atoms with Gasteiger partial charge in [-0.2, -0.15) is 0 Å². The second-order valence-corrected chi connectivity index (χ2v) is 13.9. The van der Waals surface area contributed by atoms with Gasteiger partial charge >= 0.3 is 6.09 Å². The van der Waals surface area contributed by atoms with Crippen LogP contribution in [0.15, 0.2) is 97.3 Å². The van der Waals surface area contributed by atoms with Crippen molar-refractivity contribution in [2.45, 2.75) is 51.3 Å². The molecule has 3 N–H and O–H groups in total. The Labute approximate surface area is 330 Å². The van der Waals surface area contributed by atoms with Crippen molar-refractivity contribution >= 4 is 58.4 Å². The quantitative estimate of drug-likeness (QED) is 0.124. The number of aromatic nitrogens is 2. The number of carbonyl (C=O) groups excluding carboxylic acids is 5. The van der Waals surface area contributed by atoms with Crippen molar-refractivity contribution in [2.24, 2.45) is 0 Å². The molecule has 14 heteroatoms. The van der Waals surface area contributed by atoms with Crippen LogP contribution in [-0.2, 0) is 30.5 Å². The fraction of sp³-hybridized carbons (Fsp3) is 0.286. The zero-order chi connectivity index (χ0) is 39.7. The number of amides is 4. The second-order valence-electron chi connectivity index (χ2n) is 12.9. The van der Waals surface area contributed by atoms with Crippen LogP contribution in [0.5, 0.6) is 0 Å². The van der Waals surface area contributed by atoms with E-state index in [1.807, 2.05) is 90.4 Å². The number of benzene rings is 3. The summed E-state index contributed by atoms with van der Waals surface area (Å²) in [6.07, 6.45) is 8.60. The van der Waals surface area contributed by atoms with Crippen LogP contribution in [0, 0.1) is 11.8 Å². The zero-order valence-electron chi connectivity index (χ0n) is 31.4. The van der Waals surface area contributed by atoms with Crippen LogP contribution < -0.4 is 16.0 Å². The summed E-state index contributed by atoms with van der Waals surface area (Å²) >= 11 is 1.48. The standard InChI is InChI=1S/C15H12N4OS.C15H18N2O3.C12H15NO2/c1-16-12-5-2-11(3-6-12)4-7-13-8-19-9-14(17-10-20)18-15(19)21-13;1-11(19)16-14(12-6-3-2-4-7-12)15(20)17-9-5-8-13(17)10-18;14-12(13-8-4-5-9-13)15-10-11-6-2-1-3-7-11/h2-3,5-6,8-10,16H,1H3,(H,17,20);2-4,6-7,10,13-14H,5,8-9H2,1H3,(H,16,19);1-3,6-7H,4-5,8-10H2/t;13-,14?;/m.0./s1. The van der Waals surface area contributed by atoms with Crippen LogP contribution >= 0.6 is 11.3 Å². The lowest BCUT2D eigenvalue weighted by atomic mass is 10.1. The Kier molecular flexibility index (Phi) is 15.2. The highest BCUT2D eigenvalue weighted by Crippen LogP contribution is 2.23. The van der Waals surface area contributed by atoms with E-state index in [-0.39, 0.29) is 23.9 Å². The lowest BCUT2D eigenvalue weighted by Crippen LogP contribution is -2.45. The smallest absolute Gasteiger partial charge is 0.410 e. The summed E-state index contributed by atoms with van der Waals surface area (Å²) in [5.41, 5.74) is 3.78. The minimum atomic E-state index is -0.728. The molecule has 4 amide bonds. The monoisotopic (exact) mass is 775 g/mol. The van der Waals surface area contributed by atoms with Gasteiger partial charge in [-0.05, 0) is 67.0 Å². The van der Waals surface area contributed by atoms with Crippen molar-refractivity contribution in [1.29, 1.82) is 0 Å². The van der Waals surface area contributed by atoms with Gasteiger partial charge in [0.2, 0.25) is 18.2 Å². The molecule has 2 aromatic heterocycles. The summed E-state index contributed by atoms with van der Waals surface area (Å²) in [4.78, 5) is 66.2. The molecule has 0 saturated carbocycles. The first-order chi connectivity index (χ1) is 27.3. The summed E-state index contributed by atoms with van der Waals surface area (Å²) in [5, 5.41) is 8.26. The van der Waals surface area contributed by atoms with Gasteiger partial charge in [0.05, 0.1) is 17.1 Å². The normalized spacial score (nSPS) is 14.8. The SMILES string of the molecule is CC(=O)NC(C(=O)N1CCC[C@H]1C=O)c1ccccc1.CNc1ccc(C#Cc2cn3cc(NC=O)nc3s2)cc1.O=C(OCc1ccccc1)N1CCCC1. The van der Waals surface area contributed by atoms with Gasteiger partial charge in [0, 0.05) is 51.1 Å². The van der Waals surface area contributed by atoms with Gasteiger partial charge in [0.25, 0.3) is 0 Å². The number of imidazole rings is 1. The molecule has 0 spiro atoms. The summed E-state index contributed by atoms with van der Waals surface area (Å²) in [6.45, 7) is 3.99. The maximum atomic E-state index is 12.6. The van der Waals surface area contributed by atoms with E-state index in [0.29, 0.717) is 31.8 Å². The average molecular weight is 776 g/mol. The zero-order valence-corrected chi connectivity index (χ0v) is 32.2. The number of ether oxygens (including phenoxy) is 1. The van der Waals surface area contributed by atoms with Crippen molar-refractivity contribution in [2.75, 3.05) is 37.3 Å². The largest absolute Gasteiger partial charge is 0.445 e. The van der Waals surface area contributed by atoms with Crippen LogP contribution in [0.3, 0.4) is 0 Å². The first-order valence-corrected chi connectivity index (χ1v) is 19.1. The van der Waals surface area contributed by atoms with Gasteiger partial charge in [-0.3, -0.25) is 18.8 Å². The van der Waals surface area contributed by atoms with Crippen LogP contribution in [0.2, 0.25) is 0 Å². The first-order valence-electron chi connectivity index (χ1n) is 18.3. The number of nitrogens with one attached hydrogen (secondary N) is 3. The predicted octanol–water partition coefficient (Wildman–Crippen LogP) is 5.88. The molecule has 290 valence electrons. The van der Waals surface area contributed by atoms with Crippen molar-refractivity contribution in [3.63, 3.8) is 0 Å². The summed E-state index contributed by atoms with van der Waals surface area (Å²) in [7, 11) is 1.88. The first kappa shape index (κ1) is 40.7. The Morgan fingerprint density at radius 3 is 2.23 bits per heavy atom. The number of hydrogen-bond acceptors (Lipinski definition) is 9. The molecule has 2 aliphatic rings. The van der Waals surface area contributed by atoms with E-state index >= 15 is 0 Å². The topological polar surface area (TPSA) is 154 Å². The molecule has 13 nitrogen and oxygen atoms in total. The Morgan fingerprint density at radius 1 is 0.911 bits per heavy atom. The lowest BCUT2D eigenvalue weighted by Gasteiger charge is -2.26. The molecule has 2 saturated heterocycles. The number of anilines is 2. The maximum absolute atomic E-state index is 12.6. The van der Waals surface area contributed by atoms with Crippen molar-refractivity contribution in [1.82, 2.24) is 24.5 Å². The summed E-state index contributed by atoms with van der Waals surface area (Å²) < 4.78 is 7.05. The number of fused-ring (bicyclic) bond motifs is 1. The summed E-state index contributed by atoms with van der Waals surface area (Å²) in [5.74, 6) is 6.29. The van der Waals surface area contributed by atoms with Gasteiger partial charge in [0.15, 0.2) is 10.8 Å². The van der Waals surface area contributed by atoms with Crippen LogP contribution in [-0.4, -0.2) is 82.5 Å². The van der Waals surface area contributed by atoms with E-state index in [0.717, 1.165) is 70.9 Å². The molecule has 5 aromatic rings. The number of thiazole rings is 1. The molecule has 2 aliphatic heterocycles. The second kappa shape index (κ2) is 20.8. The fourth-order valence-corrected chi connectivity index (χ4v) is 6.88. The molecule has 2 atom stereocenters. The maximum Gasteiger partial charge on any atom is 0.410 e. The van der Waals surface area contributed by atoms with E-state index in [1.54, 1.807) is 28.1 Å². The highest BCUT2D eigenvalue weighted by Gasteiger charge is 2.34. The molecule has 3 aromatic carbocycles. The highest BCUT2D eigenvalue weighted by atomic mass is 32.1. The number of aldehydes is 1. The molecule has 2 fully saturated rings. The minimum Gasteiger partial charge on any atom is -0.445 e. The molecule has 0 bridgehead atoms. The average Bonchev–Trinajstić information content (AvgIpc) is 4.06. The van der Waals surface area contributed by atoms with Crippen LogP contribution in [0.25, 0.3) is 4.96 Å². The van der Waals surface area contributed by atoms with E-state index in [1.165, 1.54) is 18.3 Å². The molecule has 7 rings (SSSR count). The Hall–Kier alpha value is -6.46. The van der Waals surface area contributed by atoms with Gasteiger partial charge in [-0.25, -0.2) is 9.78 Å². The number of nitrogens with zero attached hydrogens (tertiary/aromatic N) is 4. The molecule has 0 radical (unpaired) electrons. The fourth-order valence-electron chi connectivity index (χ4n) is 6.06. The van der Waals surface area contributed by atoms with Crippen molar-refractivity contribution < 1.29 is 28.7 Å². The van der Waals surface area contributed by atoms with Crippen LogP contribution in [0.4, 0.5) is 16.3 Å². The third-order valence-corrected chi connectivity index (χ3v) is 9.81. The number of likely N-dealkylation sites (tertiary alicyclic amines) is 2. The van der Waals surface area contributed by atoms with E-state index < -0.39 is 6.04 Å². The minimum absolute atomic E-state index is 0.184. The molecule has 56 heavy (non-hydrogen) atoms. The van der Waals surface area contributed by atoms with E-state index in [9.17, 15) is 24.0 Å². The number of hydrogen-bond donors (Lipinski definition) is 3.